The van der Waals surface area contributed by atoms with Crippen LogP contribution in [0.25, 0.3) is 0 Å². The zero-order chi connectivity index (χ0) is 12.8. The third kappa shape index (κ3) is 2.94. The van der Waals surface area contributed by atoms with Crippen molar-refractivity contribution in [2.45, 2.75) is 6.42 Å². The van der Waals surface area contributed by atoms with E-state index in [1.54, 1.807) is 0 Å². The van der Waals surface area contributed by atoms with Gasteiger partial charge in [0.1, 0.15) is 0 Å². The Morgan fingerprint density at radius 1 is 1.06 bits per heavy atom. The summed E-state index contributed by atoms with van der Waals surface area (Å²) in [5, 5.41) is 0. The van der Waals surface area contributed by atoms with Crippen LogP contribution in [-0.4, -0.2) is 12.9 Å². The molecule has 0 heterocycles. The Balaban J connectivity index is 2.00. The SMILES string of the molecule is O=Cc1cccc(F)c1OCCc1ccccc1. The number of ether oxygens (including phenoxy) is 1. The van der Waals surface area contributed by atoms with Crippen molar-refractivity contribution in [3.05, 3.63) is 65.5 Å². The quantitative estimate of drug-likeness (QED) is 0.754. The van der Waals surface area contributed by atoms with Crippen molar-refractivity contribution in [1.82, 2.24) is 0 Å². The molecule has 0 aliphatic heterocycles. The second kappa shape index (κ2) is 5.96. The molecule has 2 nitrogen and oxygen atoms in total. The fourth-order valence-corrected chi connectivity index (χ4v) is 1.69. The number of carbonyl (C=O) groups is 1. The highest BCUT2D eigenvalue weighted by atomic mass is 19.1. The molecule has 0 saturated carbocycles. The molecule has 0 saturated heterocycles. The van der Waals surface area contributed by atoms with Crippen LogP contribution in [0.5, 0.6) is 5.75 Å². The monoisotopic (exact) mass is 244 g/mol. The molecule has 3 heteroatoms. The van der Waals surface area contributed by atoms with Crippen LogP contribution in [0.15, 0.2) is 48.5 Å². The van der Waals surface area contributed by atoms with Gasteiger partial charge in [0.2, 0.25) is 0 Å². The smallest absolute Gasteiger partial charge is 0.165 e. The zero-order valence-electron chi connectivity index (χ0n) is 9.80. The fourth-order valence-electron chi connectivity index (χ4n) is 1.69. The number of benzene rings is 2. The van der Waals surface area contributed by atoms with Crippen LogP contribution in [0.3, 0.4) is 0 Å². The van der Waals surface area contributed by atoms with E-state index < -0.39 is 5.82 Å². The van der Waals surface area contributed by atoms with Gasteiger partial charge in [-0.25, -0.2) is 4.39 Å². The van der Waals surface area contributed by atoms with Crippen LogP contribution in [0.4, 0.5) is 4.39 Å². The van der Waals surface area contributed by atoms with Gasteiger partial charge in [-0.1, -0.05) is 36.4 Å². The highest BCUT2D eigenvalue weighted by molar-refractivity contribution is 5.79. The van der Waals surface area contributed by atoms with Crippen molar-refractivity contribution < 1.29 is 13.9 Å². The Kier molecular flexibility index (Phi) is 4.07. The molecular weight excluding hydrogens is 231 g/mol. The van der Waals surface area contributed by atoms with Gasteiger partial charge in [0.05, 0.1) is 12.2 Å². The molecule has 2 aromatic rings. The maximum Gasteiger partial charge on any atom is 0.165 e. The molecule has 0 unspecified atom stereocenters. The Morgan fingerprint density at radius 3 is 2.56 bits per heavy atom. The molecule has 2 rings (SSSR count). The lowest BCUT2D eigenvalue weighted by Crippen LogP contribution is -2.04. The molecule has 0 aliphatic carbocycles. The van der Waals surface area contributed by atoms with Gasteiger partial charge < -0.3 is 4.74 Å². The van der Waals surface area contributed by atoms with Gasteiger partial charge in [0.25, 0.3) is 0 Å². The summed E-state index contributed by atoms with van der Waals surface area (Å²) in [6.07, 6.45) is 1.27. The summed E-state index contributed by atoms with van der Waals surface area (Å²) >= 11 is 0. The summed E-state index contributed by atoms with van der Waals surface area (Å²) in [6, 6.07) is 14.1. The number of hydrogen-bond acceptors (Lipinski definition) is 2. The lowest BCUT2D eigenvalue weighted by molar-refractivity contribution is 0.111. The van der Waals surface area contributed by atoms with E-state index in [1.807, 2.05) is 30.3 Å². The van der Waals surface area contributed by atoms with E-state index in [9.17, 15) is 9.18 Å². The van der Waals surface area contributed by atoms with Crippen LogP contribution in [-0.2, 0) is 6.42 Å². The summed E-state index contributed by atoms with van der Waals surface area (Å²) in [4.78, 5) is 10.8. The highest BCUT2D eigenvalue weighted by Crippen LogP contribution is 2.21. The molecule has 92 valence electrons. The summed E-state index contributed by atoms with van der Waals surface area (Å²) in [5.74, 6) is -0.476. The van der Waals surface area contributed by atoms with E-state index in [4.69, 9.17) is 4.74 Å². The van der Waals surface area contributed by atoms with Gasteiger partial charge in [-0.05, 0) is 17.7 Å². The van der Waals surface area contributed by atoms with Gasteiger partial charge in [0, 0.05) is 6.42 Å². The molecule has 0 atom stereocenters. The fraction of sp³-hybridized carbons (Fsp3) is 0.133. The minimum atomic E-state index is -0.507. The van der Waals surface area contributed by atoms with Crippen molar-refractivity contribution in [3.8, 4) is 5.75 Å². The molecule has 0 spiro atoms. The van der Waals surface area contributed by atoms with Crippen LogP contribution in [0.2, 0.25) is 0 Å². The highest BCUT2D eigenvalue weighted by Gasteiger charge is 2.08. The van der Waals surface area contributed by atoms with Crippen molar-refractivity contribution >= 4 is 6.29 Å². The van der Waals surface area contributed by atoms with Crippen molar-refractivity contribution in [1.29, 1.82) is 0 Å². The van der Waals surface area contributed by atoms with Gasteiger partial charge >= 0.3 is 0 Å². The Hall–Kier alpha value is -2.16. The maximum atomic E-state index is 13.5. The topological polar surface area (TPSA) is 26.3 Å². The molecule has 2 aromatic carbocycles. The predicted octanol–water partition coefficient (Wildman–Crippen LogP) is 3.26. The largest absolute Gasteiger partial charge is 0.489 e. The van der Waals surface area contributed by atoms with E-state index in [0.29, 0.717) is 19.3 Å². The normalized spacial score (nSPS) is 10.1. The zero-order valence-corrected chi connectivity index (χ0v) is 9.80. The summed E-state index contributed by atoms with van der Waals surface area (Å²) in [6.45, 7) is 0.339. The number of carbonyl (C=O) groups excluding carboxylic acids is 1. The summed E-state index contributed by atoms with van der Waals surface area (Å²) in [5.41, 5.74) is 1.35. The standard InChI is InChI=1S/C15H13FO2/c16-14-8-4-7-13(11-17)15(14)18-10-9-12-5-2-1-3-6-12/h1-8,11H,9-10H2. The molecule has 0 N–H and O–H groups in total. The minimum Gasteiger partial charge on any atom is -0.489 e. The van der Waals surface area contributed by atoms with Crippen molar-refractivity contribution in [2.75, 3.05) is 6.61 Å². The van der Waals surface area contributed by atoms with E-state index in [0.717, 1.165) is 5.56 Å². The number of rotatable bonds is 5. The van der Waals surface area contributed by atoms with E-state index in [-0.39, 0.29) is 11.3 Å². The molecule has 0 bridgehead atoms. The van der Waals surface area contributed by atoms with Crippen LogP contribution in [0.1, 0.15) is 15.9 Å². The molecule has 0 aromatic heterocycles. The molecule has 18 heavy (non-hydrogen) atoms. The molecule has 0 radical (unpaired) electrons. The number of hydrogen-bond donors (Lipinski definition) is 0. The van der Waals surface area contributed by atoms with Crippen LogP contribution in [0, 0.1) is 5.82 Å². The minimum absolute atomic E-state index is 0.0310. The second-order valence-electron chi connectivity index (χ2n) is 3.86. The predicted molar refractivity (Wildman–Crippen MR) is 67.4 cm³/mol. The first-order valence-corrected chi connectivity index (χ1v) is 5.71. The second-order valence-corrected chi connectivity index (χ2v) is 3.86. The van der Waals surface area contributed by atoms with Gasteiger partial charge in [-0.3, -0.25) is 4.79 Å². The molecular formula is C15H13FO2. The third-order valence-electron chi connectivity index (χ3n) is 2.60. The first kappa shape index (κ1) is 12.3. The van der Waals surface area contributed by atoms with Crippen LogP contribution >= 0.6 is 0 Å². The third-order valence-corrected chi connectivity index (χ3v) is 2.60. The number of halogens is 1. The van der Waals surface area contributed by atoms with Gasteiger partial charge in [0.15, 0.2) is 17.9 Å². The lowest BCUT2D eigenvalue weighted by Gasteiger charge is -2.09. The molecule has 0 amide bonds. The maximum absolute atomic E-state index is 13.5. The van der Waals surface area contributed by atoms with E-state index >= 15 is 0 Å². The van der Waals surface area contributed by atoms with Gasteiger partial charge in [-0.2, -0.15) is 0 Å². The summed E-state index contributed by atoms with van der Waals surface area (Å²) in [7, 11) is 0. The van der Waals surface area contributed by atoms with Crippen molar-refractivity contribution in [3.63, 3.8) is 0 Å². The first-order chi connectivity index (χ1) is 8.81. The van der Waals surface area contributed by atoms with Gasteiger partial charge in [-0.15, -0.1) is 0 Å². The Bertz CT molecular complexity index is 523. The molecule has 0 fully saturated rings. The van der Waals surface area contributed by atoms with E-state index in [2.05, 4.69) is 0 Å². The van der Waals surface area contributed by atoms with Crippen molar-refractivity contribution in [2.24, 2.45) is 0 Å². The first-order valence-electron chi connectivity index (χ1n) is 5.71. The Labute approximate surface area is 105 Å². The number of aldehydes is 1. The molecule has 0 aliphatic rings. The number of para-hydroxylation sites is 1. The van der Waals surface area contributed by atoms with Crippen LogP contribution < -0.4 is 4.74 Å². The summed E-state index contributed by atoms with van der Waals surface area (Å²) < 4.78 is 18.8. The average Bonchev–Trinajstić information content (AvgIpc) is 2.41. The lowest BCUT2D eigenvalue weighted by atomic mass is 10.1. The average molecular weight is 244 g/mol. The Morgan fingerprint density at radius 2 is 1.83 bits per heavy atom. The van der Waals surface area contributed by atoms with E-state index in [1.165, 1.54) is 18.2 Å².